The van der Waals surface area contributed by atoms with Crippen molar-refractivity contribution in [2.24, 2.45) is 0 Å². The lowest BCUT2D eigenvalue weighted by Gasteiger charge is -2.11. The first-order valence-corrected chi connectivity index (χ1v) is 7.06. The minimum atomic E-state index is -0.656. The Kier molecular flexibility index (Phi) is 5.33. The van der Waals surface area contributed by atoms with Crippen LogP contribution in [0.3, 0.4) is 0 Å². The van der Waals surface area contributed by atoms with Gasteiger partial charge >= 0.3 is 17.6 Å². The minimum absolute atomic E-state index is 0.0188. The zero-order chi connectivity index (χ0) is 18.6. The molecule has 0 spiro atoms. The average Bonchev–Trinajstić information content (AvgIpc) is 2.65. The Morgan fingerprint density at radius 1 is 0.960 bits per heavy atom. The maximum Gasteiger partial charge on any atom is 0.337 e. The maximum atomic E-state index is 11.9. The lowest BCUT2D eigenvalue weighted by atomic mass is 9.98. The van der Waals surface area contributed by atoms with Crippen molar-refractivity contribution in [3.05, 3.63) is 57.6 Å². The number of hydrogen-bond donors (Lipinski definition) is 0. The van der Waals surface area contributed by atoms with E-state index in [1.165, 1.54) is 51.7 Å². The molecule has 2 aromatic rings. The van der Waals surface area contributed by atoms with E-state index in [9.17, 15) is 19.7 Å². The van der Waals surface area contributed by atoms with Crippen molar-refractivity contribution in [1.82, 2.24) is 0 Å². The van der Waals surface area contributed by atoms with Crippen molar-refractivity contribution in [3.8, 4) is 16.9 Å². The number of nitro groups is 1. The number of esters is 2. The molecule has 130 valence electrons. The van der Waals surface area contributed by atoms with Crippen LogP contribution in [0.25, 0.3) is 11.1 Å². The molecule has 0 bridgehead atoms. The van der Waals surface area contributed by atoms with E-state index in [1.807, 2.05) is 0 Å². The molecule has 0 aliphatic heterocycles. The van der Waals surface area contributed by atoms with Gasteiger partial charge in [0, 0.05) is 11.6 Å². The summed E-state index contributed by atoms with van der Waals surface area (Å²) in [6.07, 6.45) is 0. The molecule has 2 aromatic carbocycles. The molecular formula is C17H15NO7. The fourth-order valence-electron chi connectivity index (χ4n) is 2.36. The zero-order valence-electron chi connectivity index (χ0n) is 13.8. The first-order chi connectivity index (χ1) is 11.9. The molecule has 0 atom stereocenters. The molecule has 0 saturated carbocycles. The van der Waals surface area contributed by atoms with Gasteiger partial charge in [-0.2, -0.15) is 0 Å². The van der Waals surface area contributed by atoms with Crippen molar-refractivity contribution in [3.63, 3.8) is 0 Å². The van der Waals surface area contributed by atoms with E-state index >= 15 is 0 Å². The standard InChI is InChI=1S/C17H15NO7/c1-23-15-13(5-4-6-14(15)18(21)22)10-7-11(16(19)24-2)9-12(8-10)17(20)25-3/h4-9H,1-3H3. The molecule has 0 amide bonds. The average molecular weight is 345 g/mol. The molecule has 8 heteroatoms. The number of carbonyl (C=O) groups excluding carboxylic acids is 2. The van der Waals surface area contributed by atoms with Gasteiger partial charge in [0.25, 0.3) is 0 Å². The fourth-order valence-corrected chi connectivity index (χ4v) is 2.36. The highest BCUT2D eigenvalue weighted by Crippen LogP contribution is 2.38. The molecular weight excluding hydrogens is 330 g/mol. The second kappa shape index (κ2) is 7.43. The predicted octanol–water partition coefficient (Wildman–Crippen LogP) is 2.84. The summed E-state index contributed by atoms with van der Waals surface area (Å²) in [5, 5.41) is 11.2. The summed E-state index contributed by atoms with van der Waals surface area (Å²) in [5.41, 5.74) is 0.711. The van der Waals surface area contributed by atoms with Gasteiger partial charge in [-0.3, -0.25) is 10.1 Å². The van der Waals surface area contributed by atoms with Crippen molar-refractivity contribution in [1.29, 1.82) is 0 Å². The number of nitro benzene ring substituents is 1. The van der Waals surface area contributed by atoms with Crippen LogP contribution in [0.2, 0.25) is 0 Å². The monoisotopic (exact) mass is 345 g/mol. The number of nitrogens with zero attached hydrogens (tertiary/aromatic N) is 1. The number of para-hydroxylation sites is 1. The summed E-state index contributed by atoms with van der Waals surface area (Å²) < 4.78 is 14.5. The second-order valence-electron chi connectivity index (χ2n) is 4.90. The van der Waals surface area contributed by atoms with Crippen molar-refractivity contribution in [2.75, 3.05) is 21.3 Å². The van der Waals surface area contributed by atoms with E-state index in [-0.39, 0.29) is 22.6 Å². The van der Waals surface area contributed by atoms with Crippen LogP contribution >= 0.6 is 0 Å². The molecule has 0 saturated heterocycles. The van der Waals surface area contributed by atoms with Gasteiger partial charge in [0.05, 0.1) is 37.4 Å². The van der Waals surface area contributed by atoms with Crippen molar-refractivity contribution < 1.29 is 28.7 Å². The highest BCUT2D eigenvalue weighted by Gasteiger charge is 2.21. The Bertz CT molecular complexity index is 811. The van der Waals surface area contributed by atoms with Crippen LogP contribution in [0.5, 0.6) is 5.75 Å². The largest absolute Gasteiger partial charge is 0.490 e. The number of methoxy groups -OCH3 is 3. The number of benzene rings is 2. The molecule has 0 heterocycles. The number of ether oxygens (including phenoxy) is 3. The third kappa shape index (κ3) is 3.57. The molecule has 0 aromatic heterocycles. The smallest absolute Gasteiger partial charge is 0.337 e. The Morgan fingerprint density at radius 3 is 1.96 bits per heavy atom. The predicted molar refractivity (Wildman–Crippen MR) is 87.8 cm³/mol. The van der Waals surface area contributed by atoms with Gasteiger partial charge in [-0.05, 0) is 23.8 Å². The molecule has 2 rings (SSSR count). The highest BCUT2D eigenvalue weighted by atomic mass is 16.6. The van der Waals surface area contributed by atoms with Crippen LogP contribution in [0.4, 0.5) is 5.69 Å². The van der Waals surface area contributed by atoms with Crippen LogP contribution in [0.15, 0.2) is 36.4 Å². The van der Waals surface area contributed by atoms with Crippen LogP contribution in [0, 0.1) is 10.1 Å². The third-order valence-electron chi connectivity index (χ3n) is 3.48. The van der Waals surface area contributed by atoms with Gasteiger partial charge in [0.1, 0.15) is 0 Å². The van der Waals surface area contributed by atoms with Crippen LogP contribution in [-0.2, 0) is 9.47 Å². The SMILES string of the molecule is COC(=O)c1cc(C(=O)OC)cc(-c2cccc([N+](=O)[O-])c2OC)c1. The van der Waals surface area contributed by atoms with Crippen LogP contribution in [0.1, 0.15) is 20.7 Å². The highest BCUT2D eigenvalue weighted by molar-refractivity contribution is 5.98. The number of carbonyl (C=O) groups is 2. The second-order valence-corrected chi connectivity index (χ2v) is 4.90. The van der Waals surface area contributed by atoms with Gasteiger partial charge in [-0.1, -0.05) is 12.1 Å². The molecule has 0 aliphatic rings. The van der Waals surface area contributed by atoms with Crippen molar-refractivity contribution in [2.45, 2.75) is 0 Å². The lowest BCUT2D eigenvalue weighted by molar-refractivity contribution is -0.385. The summed E-state index contributed by atoms with van der Waals surface area (Å²) >= 11 is 0. The number of rotatable bonds is 5. The summed E-state index contributed by atoms with van der Waals surface area (Å²) in [6.45, 7) is 0. The maximum absolute atomic E-state index is 11.9. The zero-order valence-corrected chi connectivity index (χ0v) is 13.8. The Morgan fingerprint density at radius 2 is 1.52 bits per heavy atom. The molecule has 25 heavy (non-hydrogen) atoms. The van der Waals surface area contributed by atoms with E-state index in [4.69, 9.17) is 4.74 Å². The summed E-state index contributed by atoms with van der Waals surface area (Å²) in [7, 11) is 3.72. The van der Waals surface area contributed by atoms with Crippen LogP contribution < -0.4 is 4.74 Å². The quantitative estimate of drug-likeness (QED) is 0.466. The Labute approximate surface area is 143 Å². The molecule has 8 nitrogen and oxygen atoms in total. The molecule has 0 aliphatic carbocycles. The van der Waals surface area contributed by atoms with Gasteiger partial charge < -0.3 is 14.2 Å². The first-order valence-electron chi connectivity index (χ1n) is 7.06. The fraction of sp³-hybridized carbons (Fsp3) is 0.176. The van der Waals surface area contributed by atoms with Gasteiger partial charge in [0.2, 0.25) is 5.75 Å². The Balaban J connectivity index is 2.74. The van der Waals surface area contributed by atoms with E-state index in [2.05, 4.69) is 9.47 Å². The topological polar surface area (TPSA) is 105 Å². The Hall–Kier alpha value is -3.42. The molecule has 0 radical (unpaired) electrons. The number of hydrogen-bond acceptors (Lipinski definition) is 7. The minimum Gasteiger partial charge on any atom is -0.490 e. The summed E-state index contributed by atoms with van der Waals surface area (Å²) in [6, 6.07) is 8.61. The lowest BCUT2D eigenvalue weighted by Crippen LogP contribution is -2.07. The molecule has 0 N–H and O–H groups in total. The van der Waals surface area contributed by atoms with E-state index < -0.39 is 16.9 Å². The first kappa shape index (κ1) is 17.9. The summed E-state index contributed by atoms with van der Waals surface area (Å²) in [4.78, 5) is 34.4. The van der Waals surface area contributed by atoms with E-state index in [0.717, 1.165) is 0 Å². The van der Waals surface area contributed by atoms with Crippen molar-refractivity contribution >= 4 is 17.6 Å². The molecule has 0 unspecified atom stereocenters. The van der Waals surface area contributed by atoms with Gasteiger partial charge in [-0.15, -0.1) is 0 Å². The molecule has 0 fully saturated rings. The third-order valence-corrected chi connectivity index (χ3v) is 3.48. The van der Waals surface area contributed by atoms with Crippen LogP contribution in [-0.4, -0.2) is 38.2 Å². The van der Waals surface area contributed by atoms with E-state index in [1.54, 1.807) is 6.07 Å². The normalized spacial score (nSPS) is 10.0. The van der Waals surface area contributed by atoms with Gasteiger partial charge in [-0.25, -0.2) is 9.59 Å². The van der Waals surface area contributed by atoms with E-state index in [0.29, 0.717) is 11.1 Å². The van der Waals surface area contributed by atoms with Gasteiger partial charge in [0.15, 0.2) is 0 Å². The summed E-state index contributed by atoms with van der Waals surface area (Å²) in [5.74, 6) is -1.29.